The van der Waals surface area contributed by atoms with Gasteiger partial charge in [-0.05, 0) is 49.4 Å². The number of carbonyl (C=O) groups excluding carboxylic acids is 1. The maximum absolute atomic E-state index is 12.3. The van der Waals surface area contributed by atoms with Crippen LogP contribution in [0.2, 0.25) is 0 Å². The maximum atomic E-state index is 12.3. The predicted molar refractivity (Wildman–Crippen MR) is 115 cm³/mol. The van der Waals surface area contributed by atoms with E-state index in [1.165, 1.54) is 0 Å². The summed E-state index contributed by atoms with van der Waals surface area (Å²) in [5.41, 5.74) is 3.36. The van der Waals surface area contributed by atoms with Crippen molar-refractivity contribution in [1.29, 1.82) is 0 Å². The Kier molecular flexibility index (Phi) is 7.07. The zero-order valence-electron chi connectivity index (χ0n) is 17.2. The molecule has 0 saturated carbocycles. The van der Waals surface area contributed by atoms with Crippen LogP contribution in [0.25, 0.3) is 0 Å². The molecule has 0 fully saturated rings. The number of hydrogen-bond donors (Lipinski definition) is 2. The van der Waals surface area contributed by atoms with Crippen LogP contribution in [0, 0.1) is 18.8 Å². The molecule has 0 radical (unpaired) electrons. The minimum absolute atomic E-state index is 0.0797. The second kappa shape index (κ2) is 10.1. The normalized spacial score (nSPS) is 11.2. The van der Waals surface area contributed by atoms with Gasteiger partial charge in [-0.15, -0.1) is 0 Å². The van der Waals surface area contributed by atoms with Crippen LogP contribution in [0.15, 0.2) is 59.1 Å². The lowest BCUT2D eigenvalue weighted by atomic mass is 10.1. The summed E-state index contributed by atoms with van der Waals surface area (Å²) >= 11 is 0. The van der Waals surface area contributed by atoms with Crippen molar-refractivity contribution in [3.05, 3.63) is 82.7 Å². The summed E-state index contributed by atoms with van der Waals surface area (Å²) in [7, 11) is 0. The molecule has 3 aromatic rings. The summed E-state index contributed by atoms with van der Waals surface area (Å²) < 4.78 is 10.7. The number of hydrogen-bond acceptors (Lipinski definition) is 5. The molecular weight excluding hydrogens is 396 g/mol. The maximum Gasteiger partial charge on any atom is 0.412 e. The molecule has 1 atom stereocenters. The van der Waals surface area contributed by atoms with Crippen molar-refractivity contribution in [1.82, 2.24) is 5.16 Å². The number of aromatic nitrogens is 1. The Labute approximate surface area is 180 Å². The Morgan fingerprint density at radius 3 is 2.52 bits per heavy atom. The molecular formula is C24H22N2O5. The van der Waals surface area contributed by atoms with Gasteiger partial charge in [-0.3, -0.25) is 10.1 Å². The SMILES string of the molecule is Cc1noc(C#Cc2ccc(CCC(=O)O)cc2)c1NC(=O)OC(C)c1ccccc1. The van der Waals surface area contributed by atoms with E-state index in [1.54, 1.807) is 26.0 Å². The first-order valence-corrected chi connectivity index (χ1v) is 9.74. The summed E-state index contributed by atoms with van der Waals surface area (Å²) in [6, 6.07) is 16.7. The molecule has 0 aliphatic rings. The fraction of sp³-hybridized carbons (Fsp3) is 0.208. The lowest BCUT2D eigenvalue weighted by Crippen LogP contribution is -2.16. The number of rotatable bonds is 6. The van der Waals surface area contributed by atoms with Crippen molar-refractivity contribution in [2.75, 3.05) is 5.32 Å². The van der Waals surface area contributed by atoms with Gasteiger partial charge in [0.25, 0.3) is 0 Å². The Morgan fingerprint density at radius 1 is 1.13 bits per heavy atom. The minimum Gasteiger partial charge on any atom is -0.481 e. The summed E-state index contributed by atoms with van der Waals surface area (Å²) in [4.78, 5) is 23.0. The molecule has 1 amide bonds. The monoisotopic (exact) mass is 418 g/mol. The number of amides is 1. The Morgan fingerprint density at radius 2 is 1.84 bits per heavy atom. The van der Waals surface area contributed by atoms with Crippen molar-refractivity contribution in [2.24, 2.45) is 0 Å². The van der Waals surface area contributed by atoms with E-state index in [4.69, 9.17) is 14.4 Å². The van der Waals surface area contributed by atoms with Gasteiger partial charge >= 0.3 is 12.1 Å². The molecule has 0 aliphatic carbocycles. The van der Waals surface area contributed by atoms with Crippen molar-refractivity contribution in [3.8, 4) is 11.8 Å². The average molecular weight is 418 g/mol. The minimum atomic E-state index is -0.832. The van der Waals surface area contributed by atoms with Crippen LogP contribution in [0.1, 0.15) is 47.6 Å². The van der Waals surface area contributed by atoms with E-state index in [1.807, 2.05) is 42.5 Å². The molecule has 7 nitrogen and oxygen atoms in total. The molecule has 0 bridgehead atoms. The van der Waals surface area contributed by atoms with Crippen molar-refractivity contribution in [3.63, 3.8) is 0 Å². The first kappa shape index (κ1) is 21.7. The summed E-state index contributed by atoms with van der Waals surface area (Å²) in [5, 5.41) is 15.3. The number of carbonyl (C=O) groups is 2. The highest BCUT2D eigenvalue weighted by Gasteiger charge is 2.17. The van der Waals surface area contributed by atoms with Crippen LogP contribution in [0.4, 0.5) is 10.5 Å². The van der Waals surface area contributed by atoms with E-state index in [-0.39, 0.29) is 12.2 Å². The third-order valence-corrected chi connectivity index (χ3v) is 4.54. The molecule has 0 saturated heterocycles. The standard InChI is InChI=1S/C24H22N2O5/c1-16-23(25-24(29)30-17(2)20-6-4-3-5-7-20)21(31-26-16)14-12-18-8-10-19(11-9-18)13-15-22(27)28/h3-11,17H,13,15H2,1-2H3,(H,25,29)(H,27,28). The smallest absolute Gasteiger partial charge is 0.412 e. The molecule has 31 heavy (non-hydrogen) atoms. The van der Waals surface area contributed by atoms with Gasteiger partial charge < -0.3 is 14.4 Å². The molecule has 2 aromatic carbocycles. The molecule has 158 valence electrons. The number of aliphatic carboxylic acids is 1. The van der Waals surface area contributed by atoms with Crippen LogP contribution in [0.5, 0.6) is 0 Å². The fourth-order valence-corrected chi connectivity index (χ4v) is 2.82. The molecule has 1 aromatic heterocycles. The van der Waals surface area contributed by atoms with E-state index < -0.39 is 18.2 Å². The van der Waals surface area contributed by atoms with E-state index >= 15 is 0 Å². The highest BCUT2D eigenvalue weighted by atomic mass is 16.6. The molecule has 1 heterocycles. The van der Waals surface area contributed by atoms with Crippen LogP contribution in [0.3, 0.4) is 0 Å². The zero-order valence-corrected chi connectivity index (χ0v) is 17.2. The molecule has 0 spiro atoms. The summed E-state index contributed by atoms with van der Waals surface area (Å²) in [6.45, 7) is 3.48. The van der Waals surface area contributed by atoms with Crippen molar-refractivity contribution in [2.45, 2.75) is 32.8 Å². The van der Waals surface area contributed by atoms with E-state index in [2.05, 4.69) is 22.3 Å². The van der Waals surface area contributed by atoms with Crippen LogP contribution in [-0.4, -0.2) is 22.3 Å². The van der Waals surface area contributed by atoms with Gasteiger partial charge in [0.2, 0.25) is 5.76 Å². The Bertz CT molecular complexity index is 1110. The Balaban J connectivity index is 1.66. The molecule has 2 N–H and O–H groups in total. The van der Waals surface area contributed by atoms with Gasteiger partial charge in [0, 0.05) is 12.0 Å². The average Bonchev–Trinajstić information content (AvgIpc) is 3.11. The number of anilines is 1. The second-order valence-electron chi connectivity index (χ2n) is 6.90. The quantitative estimate of drug-likeness (QED) is 0.562. The number of aryl methyl sites for hydroxylation is 2. The summed E-state index contributed by atoms with van der Waals surface area (Å²) in [5.74, 6) is 5.21. The van der Waals surface area contributed by atoms with E-state index in [0.29, 0.717) is 17.8 Å². The number of nitrogens with zero attached hydrogens (tertiary/aromatic N) is 1. The summed E-state index contributed by atoms with van der Waals surface area (Å²) in [6.07, 6.45) is -0.512. The number of ether oxygens (including phenoxy) is 1. The van der Waals surface area contributed by atoms with Gasteiger partial charge in [-0.2, -0.15) is 0 Å². The first-order chi connectivity index (χ1) is 14.9. The topological polar surface area (TPSA) is 102 Å². The van der Waals surface area contributed by atoms with Crippen LogP contribution in [-0.2, 0) is 16.0 Å². The second-order valence-corrected chi connectivity index (χ2v) is 6.90. The molecule has 7 heteroatoms. The molecule has 1 unspecified atom stereocenters. The number of carboxylic acid groups (broad SMARTS) is 1. The van der Waals surface area contributed by atoms with E-state index in [9.17, 15) is 9.59 Å². The van der Waals surface area contributed by atoms with Crippen molar-refractivity contribution < 1.29 is 24.0 Å². The van der Waals surface area contributed by atoms with Gasteiger partial charge in [0.15, 0.2) is 0 Å². The number of nitrogens with one attached hydrogen (secondary N) is 1. The molecule has 3 rings (SSSR count). The third kappa shape index (κ3) is 6.21. The van der Waals surface area contributed by atoms with Gasteiger partial charge in [0.1, 0.15) is 17.5 Å². The van der Waals surface area contributed by atoms with Crippen molar-refractivity contribution >= 4 is 17.7 Å². The zero-order chi connectivity index (χ0) is 22.2. The lowest BCUT2D eigenvalue weighted by molar-refractivity contribution is -0.136. The number of carboxylic acids is 1. The van der Waals surface area contributed by atoms with Gasteiger partial charge in [-0.1, -0.05) is 53.5 Å². The third-order valence-electron chi connectivity index (χ3n) is 4.54. The van der Waals surface area contributed by atoms with Crippen LogP contribution >= 0.6 is 0 Å². The highest BCUT2D eigenvalue weighted by molar-refractivity contribution is 5.87. The van der Waals surface area contributed by atoms with Gasteiger partial charge in [0.05, 0.1) is 0 Å². The Hall–Kier alpha value is -4.05. The lowest BCUT2D eigenvalue weighted by Gasteiger charge is -2.13. The fourth-order valence-electron chi connectivity index (χ4n) is 2.82. The first-order valence-electron chi connectivity index (χ1n) is 9.74. The van der Waals surface area contributed by atoms with Crippen LogP contribution < -0.4 is 5.32 Å². The highest BCUT2D eigenvalue weighted by Crippen LogP contribution is 2.22. The number of benzene rings is 2. The van der Waals surface area contributed by atoms with Gasteiger partial charge in [-0.25, -0.2) is 4.79 Å². The van der Waals surface area contributed by atoms with E-state index in [0.717, 1.165) is 16.7 Å². The largest absolute Gasteiger partial charge is 0.481 e. The predicted octanol–water partition coefficient (Wildman–Crippen LogP) is 4.71. The molecule has 0 aliphatic heterocycles.